The number of ether oxygens (including phenoxy) is 1. The predicted molar refractivity (Wildman–Crippen MR) is 79.3 cm³/mol. The highest BCUT2D eigenvalue weighted by Crippen LogP contribution is 2.38. The molecule has 0 atom stereocenters. The Morgan fingerprint density at radius 2 is 2.16 bits per heavy atom. The van der Waals surface area contributed by atoms with Gasteiger partial charge in [-0.1, -0.05) is 0 Å². The summed E-state index contributed by atoms with van der Waals surface area (Å²) < 4.78 is 11.1. The number of esters is 1. The van der Waals surface area contributed by atoms with Crippen molar-refractivity contribution in [2.45, 2.75) is 26.4 Å². The van der Waals surface area contributed by atoms with Gasteiger partial charge in [-0.3, -0.25) is 0 Å². The quantitative estimate of drug-likeness (QED) is 0.825. The molecule has 4 nitrogen and oxygen atoms in total. The zero-order chi connectivity index (χ0) is 14.2. The van der Waals surface area contributed by atoms with E-state index < -0.39 is 11.6 Å². The van der Waals surface area contributed by atoms with Gasteiger partial charge in [-0.2, -0.15) is 0 Å². The molecule has 0 spiro atoms. The molecule has 0 radical (unpaired) electrons. The average Bonchev–Trinajstić information content (AvgIpc) is 2.81. The minimum Gasteiger partial charge on any atom is -0.457 e. The van der Waals surface area contributed by atoms with Crippen LogP contribution < -0.4 is 5.73 Å². The second kappa shape index (κ2) is 5.02. The van der Waals surface area contributed by atoms with Crippen LogP contribution in [0.2, 0.25) is 0 Å². The number of nitrogens with two attached hydrogens (primary N) is 1. The van der Waals surface area contributed by atoms with Crippen molar-refractivity contribution in [1.29, 1.82) is 0 Å². The van der Waals surface area contributed by atoms with Crippen LogP contribution in [-0.2, 0) is 4.74 Å². The summed E-state index contributed by atoms with van der Waals surface area (Å²) in [7, 11) is 0. The van der Waals surface area contributed by atoms with Crippen LogP contribution in [0.4, 0.5) is 5.69 Å². The number of anilines is 1. The van der Waals surface area contributed by atoms with Gasteiger partial charge in [-0.25, -0.2) is 4.79 Å². The van der Waals surface area contributed by atoms with E-state index in [9.17, 15) is 4.79 Å². The Hall–Kier alpha value is -1.27. The molecule has 0 amide bonds. The standard InChI is InChI=1S/C13H14BrNO3S/c1-13(2,3)18-12(16)10-8(15)6-9(19-10)7-4-5-17-11(7)14/h4-6H,15H2,1-3H3. The SMILES string of the molecule is CC(C)(C)OC(=O)c1sc(-c2ccoc2Br)cc1N. The zero-order valence-corrected chi connectivity index (χ0v) is 13.2. The van der Waals surface area contributed by atoms with E-state index in [0.29, 0.717) is 15.2 Å². The molecule has 0 fully saturated rings. The maximum atomic E-state index is 12.0. The largest absolute Gasteiger partial charge is 0.457 e. The number of carbonyl (C=O) groups is 1. The summed E-state index contributed by atoms with van der Waals surface area (Å²) in [5.41, 5.74) is 6.63. The highest BCUT2D eigenvalue weighted by Gasteiger charge is 2.23. The molecule has 2 rings (SSSR count). The number of halogens is 1. The van der Waals surface area contributed by atoms with Crippen molar-refractivity contribution in [3.8, 4) is 10.4 Å². The van der Waals surface area contributed by atoms with Crippen LogP contribution in [0.1, 0.15) is 30.4 Å². The van der Waals surface area contributed by atoms with Crippen molar-refractivity contribution in [1.82, 2.24) is 0 Å². The second-order valence-corrected chi connectivity index (χ2v) is 6.78. The monoisotopic (exact) mass is 343 g/mol. The minimum atomic E-state index is -0.538. The third kappa shape index (κ3) is 3.19. The van der Waals surface area contributed by atoms with Gasteiger partial charge in [0.15, 0.2) is 4.67 Å². The number of rotatable bonds is 2. The molecule has 2 aromatic heterocycles. The van der Waals surface area contributed by atoms with E-state index in [2.05, 4.69) is 15.9 Å². The molecule has 6 heteroatoms. The maximum Gasteiger partial charge on any atom is 0.350 e. The molecule has 0 aromatic carbocycles. The topological polar surface area (TPSA) is 65.5 Å². The molecule has 0 aliphatic carbocycles. The first-order valence-corrected chi connectivity index (χ1v) is 7.25. The average molecular weight is 344 g/mol. The molecule has 19 heavy (non-hydrogen) atoms. The van der Waals surface area contributed by atoms with Gasteiger partial charge in [0.25, 0.3) is 0 Å². The number of hydrogen-bond acceptors (Lipinski definition) is 5. The molecular weight excluding hydrogens is 330 g/mol. The lowest BCUT2D eigenvalue weighted by molar-refractivity contribution is 0.00764. The van der Waals surface area contributed by atoms with Crippen LogP contribution in [0, 0.1) is 0 Å². The van der Waals surface area contributed by atoms with Gasteiger partial charge in [0, 0.05) is 10.4 Å². The van der Waals surface area contributed by atoms with Gasteiger partial charge in [0.05, 0.1) is 12.0 Å². The lowest BCUT2D eigenvalue weighted by atomic mass is 10.2. The summed E-state index contributed by atoms with van der Waals surface area (Å²) in [6.45, 7) is 5.47. The summed E-state index contributed by atoms with van der Waals surface area (Å²) in [6.07, 6.45) is 1.57. The van der Waals surface area contributed by atoms with Crippen molar-refractivity contribution >= 4 is 38.9 Å². The fraction of sp³-hybridized carbons (Fsp3) is 0.308. The molecule has 2 heterocycles. The molecule has 0 aliphatic heterocycles. The number of hydrogen-bond donors (Lipinski definition) is 1. The van der Waals surface area contributed by atoms with Crippen LogP contribution in [0.5, 0.6) is 0 Å². The van der Waals surface area contributed by atoms with E-state index in [0.717, 1.165) is 10.4 Å². The van der Waals surface area contributed by atoms with Gasteiger partial charge >= 0.3 is 5.97 Å². The zero-order valence-electron chi connectivity index (χ0n) is 10.8. The number of furan rings is 1. The van der Waals surface area contributed by atoms with Crippen molar-refractivity contribution in [3.63, 3.8) is 0 Å². The van der Waals surface area contributed by atoms with E-state index in [4.69, 9.17) is 14.9 Å². The third-order valence-corrected chi connectivity index (χ3v) is 4.01. The Balaban J connectivity index is 2.32. The van der Waals surface area contributed by atoms with Crippen molar-refractivity contribution < 1.29 is 13.9 Å². The second-order valence-electron chi connectivity index (χ2n) is 5.00. The number of nitrogen functional groups attached to an aromatic ring is 1. The van der Waals surface area contributed by atoms with Crippen LogP contribution in [0.3, 0.4) is 0 Å². The van der Waals surface area contributed by atoms with E-state index in [1.54, 1.807) is 12.3 Å². The smallest absolute Gasteiger partial charge is 0.350 e. The van der Waals surface area contributed by atoms with Crippen molar-refractivity contribution in [2.75, 3.05) is 5.73 Å². The van der Waals surface area contributed by atoms with Gasteiger partial charge in [0.1, 0.15) is 10.5 Å². The fourth-order valence-electron chi connectivity index (χ4n) is 1.49. The van der Waals surface area contributed by atoms with Crippen LogP contribution in [0.15, 0.2) is 27.5 Å². The summed E-state index contributed by atoms with van der Waals surface area (Å²) in [5.74, 6) is -0.402. The lowest BCUT2D eigenvalue weighted by Crippen LogP contribution is -2.23. The molecule has 0 saturated heterocycles. The molecule has 0 saturated carbocycles. The highest BCUT2D eigenvalue weighted by molar-refractivity contribution is 9.10. The molecule has 102 valence electrons. The third-order valence-electron chi connectivity index (χ3n) is 2.23. The predicted octanol–water partition coefficient (Wildman–Crippen LogP) is 4.31. The van der Waals surface area contributed by atoms with Crippen LogP contribution in [0.25, 0.3) is 10.4 Å². The van der Waals surface area contributed by atoms with Gasteiger partial charge in [0.2, 0.25) is 0 Å². The van der Waals surface area contributed by atoms with Gasteiger partial charge < -0.3 is 14.9 Å². The van der Waals surface area contributed by atoms with E-state index >= 15 is 0 Å². The Morgan fingerprint density at radius 1 is 1.47 bits per heavy atom. The first kappa shape index (κ1) is 14.1. The lowest BCUT2D eigenvalue weighted by Gasteiger charge is -2.18. The first-order chi connectivity index (χ1) is 8.78. The highest BCUT2D eigenvalue weighted by atomic mass is 79.9. The summed E-state index contributed by atoms with van der Waals surface area (Å²) in [4.78, 5) is 13.3. The molecular formula is C13H14BrNO3S. The molecule has 2 N–H and O–H groups in total. The van der Waals surface area contributed by atoms with Crippen LogP contribution >= 0.6 is 27.3 Å². The van der Waals surface area contributed by atoms with Crippen LogP contribution in [-0.4, -0.2) is 11.6 Å². The number of thiophene rings is 1. The molecule has 0 unspecified atom stereocenters. The number of carbonyl (C=O) groups excluding carboxylic acids is 1. The van der Waals surface area contributed by atoms with Gasteiger partial charge in [-0.15, -0.1) is 11.3 Å². The van der Waals surface area contributed by atoms with E-state index in [1.807, 2.05) is 26.8 Å². The van der Waals surface area contributed by atoms with Gasteiger partial charge in [-0.05, 0) is 48.8 Å². The van der Waals surface area contributed by atoms with E-state index in [1.165, 1.54) is 11.3 Å². The summed E-state index contributed by atoms with van der Waals surface area (Å²) in [5, 5.41) is 0. The maximum absolute atomic E-state index is 12.0. The van der Waals surface area contributed by atoms with Crippen molar-refractivity contribution in [3.05, 3.63) is 27.9 Å². The summed E-state index contributed by atoms with van der Waals surface area (Å²) in [6, 6.07) is 3.56. The first-order valence-electron chi connectivity index (χ1n) is 5.64. The molecule has 0 aliphatic rings. The molecule has 0 bridgehead atoms. The Kier molecular flexibility index (Phi) is 3.73. The van der Waals surface area contributed by atoms with Crippen molar-refractivity contribution in [2.24, 2.45) is 0 Å². The van der Waals surface area contributed by atoms with E-state index in [-0.39, 0.29) is 0 Å². The normalized spacial score (nSPS) is 11.6. The Morgan fingerprint density at radius 3 is 2.68 bits per heavy atom. The Bertz CT molecular complexity index is 610. The Labute approximate surface area is 123 Å². The molecule has 2 aromatic rings. The minimum absolute atomic E-state index is 0.402. The summed E-state index contributed by atoms with van der Waals surface area (Å²) >= 11 is 4.60. The fourth-order valence-corrected chi connectivity index (χ4v) is 3.05.